The number of carbonyl (C=O) groups excluding carboxylic acids is 1. The Kier molecular flexibility index (Phi) is 12.3. The van der Waals surface area contributed by atoms with Crippen molar-refractivity contribution in [2.45, 2.75) is 66.3 Å². The van der Waals surface area contributed by atoms with E-state index in [1.807, 2.05) is 27.7 Å². The molecular weight excluding hydrogens is 174 g/mol. The van der Waals surface area contributed by atoms with Crippen LogP contribution in [0, 0.1) is 5.92 Å². The van der Waals surface area contributed by atoms with Crippen LogP contribution in [0.4, 0.5) is 0 Å². The third-order valence-electron chi connectivity index (χ3n) is 2.38. The van der Waals surface area contributed by atoms with Crippen LogP contribution in [0.5, 0.6) is 0 Å². The molecule has 2 nitrogen and oxygen atoms in total. The molecule has 0 spiro atoms. The number of Topliss-reactive ketones (excluding diaryl/α,β-unsaturated/α-hetero) is 1. The molecule has 1 rings (SSSR count). The standard InChI is InChI=1S/C8H15NO.2C2H6.H2/c1-6(10)8(9)7-4-2-3-5-7;2*1-2;/h7-8H,2-5,9H2,1H3;2*1-2H3;1H/t8-;;;/m1.../s1. The number of carbonyl (C=O) groups is 1. The second-order valence-electron chi connectivity index (χ2n) is 3.18. The molecule has 1 atom stereocenters. The molecule has 0 radical (unpaired) electrons. The molecule has 1 fully saturated rings. The number of rotatable bonds is 2. The van der Waals surface area contributed by atoms with E-state index in [0.717, 1.165) is 12.8 Å². The van der Waals surface area contributed by atoms with Crippen LogP contribution in [-0.2, 0) is 4.79 Å². The van der Waals surface area contributed by atoms with Gasteiger partial charge in [-0.05, 0) is 25.7 Å². The molecule has 0 amide bonds. The molecule has 88 valence electrons. The number of nitrogens with two attached hydrogens (primary N) is 1. The van der Waals surface area contributed by atoms with Gasteiger partial charge in [-0.3, -0.25) is 4.79 Å². The van der Waals surface area contributed by atoms with Crippen molar-refractivity contribution in [2.75, 3.05) is 0 Å². The summed E-state index contributed by atoms with van der Waals surface area (Å²) in [6, 6.07) is -0.178. The largest absolute Gasteiger partial charge is 0.321 e. The van der Waals surface area contributed by atoms with Gasteiger partial charge >= 0.3 is 0 Å². The van der Waals surface area contributed by atoms with Crippen molar-refractivity contribution in [3.63, 3.8) is 0 Å². The molecule has 2 heteroatoms. The highest BCUT2D eigenvalue weighted by molar-refractivity contribution is 5.81. The molecule has 0 aromatic rings. The average molecular weight is 203 g/mol. The Morgan fingerprint density at radius 3 is 1.86 bits per heavy atom. The summed E-state index contributed by atoms with van der Waals surface area (Å²) in [5, 5.41) is 0. The molecule has 1 aliphatic carbocycles. The van der Waals surface area contributed by atoms with Crippen molar-refractivity contribution >= 4 is 5.78 Å². The lowest BCUT2D eigenvalue weighted by atomic mass is 9.96. The molecule has 0 aromatic heterocycles. The van der Waals surface area contributed by atoms with Crippen molar-refractivity contribution in [3.05, 3.63) is 0 Å². The highest BCUT2D eigenvalue weighted by atomic mass is 16.1. The smallest absolute Gasteiger partial charge is 0.146 e. The minimum Gasteiger partial charge on any atom is -0.321 e. The maximum Gasteiger partial charge on any atom is 0.146 e. The van der Waals surface area contributed by atoms with Gasteiger partial charge in [-0.2, -0.15) is 0 Å². The van der Waals surface area contributed by atoms with Crippen LogP contribution in [0.25, 0.3) is 0 Å². The van der Waals surface area contributed by atoms with E-state index in [2.05, 4.69) is 0 Å². The highest BCUT2D eigenvalue weighted by Crippen LogP contribution is 2.26. The van der Waals surface area contributed by atoms with Crippen LogP contribution in [0.2, 0.25) is 0 Å². The summed E-state index contributed by atoms with van der Waals surface area (Å²) >= 11 is 0. The summed E-state index contributed by atoms with van der Waals surface area (Å²) in [6.45, 7) is 9.59. The van der Waals surface area contributed by atoms with E-state index in [-0.39, 0.29) is 13.3 Å². The minimum atomic E-state index is -0.178. The Balaban J connectivity index is -0.000000258. The summed E-state index contributed by atoms with van der Waals surface area (Å²) in [7, 11) is 0. The molecule has 1 aliphatic rings. The lowest BCUT2D eigenvalue weighted by Gasteiger charge is -2.14. The molecule has 0 saturated heterocycles. The third kappa shape index (κ3) is 6.14. The van der Waals surface area contributed by atoms with Gasteiger partial charge in [-0.25, -0.2) is 0 Å². The van der Waals surface area contributed by atoms with Crippen LogP contribution in [-0.4, -0.2) is 11.8 Å². The number of hydrogen-bond acceptors (Lipinski definition) is 2. The van der Waals surface area contributed by atoms with E-state index in [1.54, 1.807) is 6.92 Å². The Morgan fingerprint density at radius 2 is 1.57 bits per heavy atom. The molecule has 0 aromatic carbocycles. The van der Waals surface area contributed by atoms with E-state index in [4.69, 9.17) is 5.73 Å². The first kappa shape index (κ1) is 16.1. The van der Waals surface area contributed by atoms with E-state index >= 15 is 0 Å². The minimum absolute atomic E-state index is 0. The second kappa shape index (κ2) is 10.7. The lowest BCUT2D eigenvalue weighted by Crippen LogP contribution is -2.35. The molecule has 1 saturated carbocycles. The van der Waals surface area contributed by atoms with Gasteiger partial charge in [0.1, 0.15) is 5.78 Å². The summed E-state index contributed by atoms with van der Waals surface area (Å²) < 4.78 is 0. The van der Waals surface area contributed by atoms with Crippen molar-refractivity contribution in [2.24, 2.45) is 11.7 Å². The molecule has 2 N–H and O–H groups in total. The first-order valence-electron chi connectivity index (χ1n) is 5.98. The summed E-state index contributed by atoms with van der Waals surface area (Å²) in [4.78, 5) is 10.8. The van der Waals surface area contributed by atoms with Gasteiger partial charge in [-0.1, -0.05) is 40.5 Å². The van der Waals surface area contributed by atoms with Gasteiger partial charge < -0.3 is 5.73 Å². The van der Waals surface area contributed by atoms with Gasteiger partial charge in [-0.15, -0.1) is 0 Å². The molecule has 14 heavy (non-hydrogen) atoms. The van der Waals surface area contributed by atoms with E-state index in [9.17, 15) is 4.79 Å². The van der Waals surface area contributed by atoms with Gasteiger partial charge in [0, 0.05) is 1.43 Å². The molecule has 0 aliphatic heterocycles. The predicted molar refractivity (Wildman–Crippen MR) is 65.4 cm³/mol. The van der Waals surface area contributed by atoms with Crippen LogP contribution in [0.15, 0.2) is 0 Å². The van der Waals surface area contributed by atoms with Gasteiger partial charge in [0.15, 0.2) is 0 Å². The van der Waals surface area contributed by atoms with Crippen LogP contribution < -0.4 is 5.73 Å². The quantitative estimate of drug-likeness (QED) is 0.747. The molecule has 0 unspecified atom stereocenters. The fourth-order valence-electron chi connectivity index (χ4n) is 1.65. The van der Waals surface area contributed by atoms with Crippen LogP contribution in [0.3, 0.4) is 0 Å². The SMILES string of the molecule is CC.CC.CC(=O)[C@@H](N)C1CCCC1.[HH]. The van der Waals surface area contributed by atoms with Crippen molar-refractivity contribution in [3.8, 4) is 0 Å². The maximum atomic E-state index is 10.8. The van der Waals surface area contributed by atoms with E-state index < -0.39 is 0 Å². The zero-order chi connectivity index (χ0) is 11.6. The van der Waals surface area contributed by atoms with Crippen molar-refractivity contribution in [1.29, 1.82) is 0 Å². The monoisotopic (exact) mass is 203 g/mol. The van der Waals surface area contributed by atoms with E-state index in [1.165, 1.54) is 12.8 Å². The average Bonchev–Trinajstić information content (AvgIpc) is 2.75. The Hall–Kier alpha value is -0.370. The lowest BCUT2D eigenvalue weighted by molar-refractivity contribution is -0.119. The van der Waals surface area contributed by atoms with Crippen molar-refractivity contribution < 1.29 is 6.22 Å². The predicted octanol–water partition coefficient (Wildman–Crippen LogP) is 3.39. The van der Waals surface area contributed by atoms with Crippen LogP contribution >= 0.6 is 0 Å². The van der Waals surface area contributed by atoms with E-state index in [0.29, 0.717) is 5.92 Å². The number of hydrogen-bond donors (Lipinski definition) is 1. The molecule has 0 bridgehead atoms. The first-order valence-corrected chi connectivity index (χ1v) is 5.98. The molecular formula is C12H29NO. The normalized spacial score (nSPS) is 17.3. The fraction of sp³-hybridized carbons (Fsp3) is 0.917. The Morgan fingerprint density at radius 1 is 1.21 bits per heavy atom. The fourth-order valence-corrected chi connectivity index (χ4v) is 1.65. The third-order valence-corrected chi connectivity index (χ3v) is 2.38. The Bertz CT molecular complexity index is 134. The van der Waals surface area contributed by atoms with Gasteiger partial charge in [0.2, 0.25) is 0 Å². The summed E-state index contributed by atoms with van der Waals surface area (Å²) in [5.74, 6) is 0.629. The molecule has 0 heterocycles. The van der Waals surface area contributed by atoms with Crippen LogP contribution in [0.1, 0.15) is 61.7 Å². The maximum absolute atomic E-state index is 10.8. The van der Waals surface area contributed by atoms with Gasteiger partial charge in [0.05, 0.1) is 6.04 Å². The topological polar surface area (TPSA) is 43.1 Å². The highest BCUT2D eigenvalue weighted by Gasteiger charge is 2.24. The Labute approximate surface area is 90.7 Å². The van der Waals surface area contributed by atoms with Crippen molar-refractivity contribution in [1.82, 2.24) is 0 Å². The summed E-state index contributed by atoms with van der Waals surface area (Å²) in [6.07, 6.45) is 4.82. The van der Waals surface area contributed by atoms with Gasteiger partial charge in [0.25, 0.3) is 0 Å². The zero-order valence-electron chi connectivity index (χ0n) is 10.5. The number of ketones is 1. The first-order chi connectivity index (χ1) is 6.72. The summed E-state index contributed by atoms with van der Waals surface area (Å²) in [5.41, 5.74) is 5.67. The second-order valence-corrected chi connectivity index (χ2v) is 3.18. The zero-order valence-corrected chi connectivity index (χ0v) is 10.5.